The molecule has 0 aliphatic heterocycles. The Balaban J connectivity index is 1.35. The van der Waals surface area contributed by atoms with E-state index in [4.69, 9.17) is 0 Å². The Hall–Kier alpha value is -7.15. The van der Waals surface area contributed by atoms with Gasteiger partial charge < -0.3 is 9.13 Å². The van der Waals surface area contributed by atoms with Gasteiger partial charge in [0.1, 0.15) is 6.07 Å². The average Bonchev–Trinajstić information content (AvgIpc) is 3.85. The molecule has 10 aromatic rings. The number of hydrogen-bond acceptors (Lipinski definition) is 1. The predicted octanol–water partition coefficient (Wildman–Crippen LogP) is 13.2. The lowest BCUT2D eigenvalue weighted by Gasteiger charge is -2.23. The van der Waals surface area contributed by atoms with Gasteiger partial charge in [-0.3, -0.25) is 0 Å². The van der Waals surface area contributed by atoms with Gasteiger partial charge in [-0.15, -0.1) is 0 Å². The number of para-hydroxylation sites is 4. The van der Waals surface area contributed by atoms with Crippen molar-refractivity contribution >= 4 is 43.6 Å². The van der Waals surface area contributed by atoms with Crippen molar-refractivity contribution in [1.29, 1.82) is 5.26 Å². The van der Waals surface area contributed by atoms with Crippen LogP contribution < -0.4 is 0 Å². The van der Waals surface area contributed by atoms with E-state index in [2.05, 4.69) is 192 Å². The van der Waals surface area contributed by atoms with Gasteiger partial charge in [0.2, 0.25) is 0 Å². The number of rotatable bonds is 4. The molecule has 3 heteroatoms. The average molecular weight is 688 g/mol. The second-order valence-electron chi connectivity index (χ2n) is 14.4. The molecule has 0 N–H and O–H groups in total. The van der Waals surface area contributed by atoms with E-state index < -0.39 is 0 Å². The Morgan fingerprint density at radius 3 is 1.41 bits per heavy atom. The summed E-state index contributed by atoms with van der Waals surface area (Å²) in [7, 11) is 0. The van der Waals surface area contributed by atoms with Gasteiger partial charge in [-0.05, 0) is 69.8 Å². The molecule has 2 aromatic heterocycles. The summed E-state index contributed by atoms with van der Waals surface area (Å²) in [6.45, 7) is 2.29. The highest BCUT2D eigenvalue weighted by atomic mass is 15.0. The van der Waals surface area contributed by atoms with E-state index in [0.717, 1.165) is 55.7 Å². The minimum Gasteiger partial charge on any atom is -0.308 e. The summed E-state index contributed by atoms with van der Waals surface area (Å²) in [5, 5.41) is 16.4. The molecular weight excluding hydrogens is 655 g/mol. The van der Waals surface area contributed by atoms with Gasteiger partial charge in [-0.1, -0.05) is 146 Å². The van der Waals surface area contributed by atoms with Crippen LogP contribution in [0.25, 0.3) is 88.4 Å². The molecule has 0 bridgehead atoms. The van der Waals surface area contributed by atoms with Crippen molar-refractivity contribution in [3.63, 3.8) is 0 Å². The first-order chi connectivity index (χ1) is 26.7. The molecule has 11 rings (SSSR count). The van der Waals surface area contributed by atoms with E-state index in [9.17, 15) is 5.26 Å². The highest BCUT2D eigenvalue weighted by Gasteiger charge is 2.29. The molecule has 1 atom stereocenters. The van der Waals surface area contributed by atoms with Crippen molar-refractivity contribution in [2.75, 3.05) is 0 Å². The van der Waals surface area contributed by atoms with Crippen LogP contribution >= 0.6 is 0 Å². The Bertz CT molecular complexity index is 3080. The summed E-state index contributed by atoms with van der Waals surface area (Å²) in [6, 6.07) is 65.8. The topological polar surface area (TPSA) is 33.6 Å². The van der Waals surface area contributed by atoms with Gasteiger partial charge in [0.15, 0.2) is 0 Å². The number of hydrogen-bond donors (Lipinski definition) is 0. The zero-order valence-electron chi connectivity index (χ0n) is 29.7. The summed E-state index contributed by atoms with van der Waals surface area (Å²) >= 11 is 0. The minimum atomic E-state index is 0.301. The first-order valence-corrected chi connectivity index (χ1v) is 18.6. The minimum absolute atomic E-state index is 0.301. The van der Waals surface area contributed by atoms with Gasteiger partial charge in [0.25, 0.3) is 0 Å². The Morgan fingerprint density at radius 2 is 0.870 bits per heavy atom. The lowest BCUT2D eigenvalue weighted by Crippen LogP contribution is -2.07. The quantitative estimate of drug-likeness (QED) is 0.181. The van der Waals surface area contributed by atoms with Crippen LogP contribution in [0.1, 0.15) is 29.5 Å². The molecule has 54 heavy (non-hydrogen) atoms. The molecule has 0 saturated carbocycles. The van der Waals surface area contributed by atoms with Crippen LogP contribution in [0.2, 0.25) is 0 Å². The largest absolute Gasteiger partial charge is 0.308 e. The summed E-state index contributed by atoms with van der Waals surface area (Å²) in [5.74, 6) is 0.301. The van der Waals surface area contributed by atoms with Gasteiger partial charge in [-0.2, -0.15) is 5.26 Å². The molecule has 3 nitrogen and oxygen atoms in total. The maximum Gasteiger partial charge on any atom is 0.101 e. The van der Waals surface area contributed by atoms with Crippen LogP contribution in [0.5, 0.6) is 0 Å². The third-order valence-electron chi connectivity index (χ3n) is 11.6. The highest BCUT2D eigenvalue weighted by Crippen LogP contribution is 2.49. The van der Waals surface area contributed by atoms with E-state index in [1.807, 2.05) is 6.07 Å². The summed E-state index contributed by atoms with van der Waals surface area (Å²) < 4.78 is 4.76. The number of fused-ring (bicyclic) bond motifs is 9. The monoisotopic (exact) mass is 687 g/mol. The molecular formula is C51H33N3. The van der Waals surface area contributed by atoms with E-state index in [1.54, 1.807) is 0 Å². The Kier molecular flexibility index (Phi) is 6.59. The third kappa shape index (κ3) is 4.23. The van der Waals surface area contributed by atoms with Crippen molar-refractivity contribution in [3.8, 4) is 50.8 Å². The smallest absolute Gasteiger partial charge is 0.101 e. The van der Waals surface area contributed by atoms with Crippen LogP contribution in [-0.4, -0.2) is 9.13 Å². The van der Waals surface area contributed by atoms with Crippen LogP contribution in [0.4, 0.5) is 0 Å². The summed E-state index contributed by atoms with van der Waals surface area (Å²) in [4.78, 5) is 0. The SMILES string of the molecule is CC1c2ccccc2-c2cc(-c3c(-n4c5ccccc5c5ccccc54)cc(-n4c5ccccc5c5ccccc54)c(-c4ccccc4)c3C#N)ccc21. The lowest BCUT2D eigenvalue weighted by atomic mass is 9.87. The van der Waals surface area contributed by atoms with Gasteiger partial charge in [0, 0.05) is 38.6 Å². The molecule has 0 spiro atoms. The van der Waals surface area contributed by atoms with E-state index in [1.165, 1.54) is 43.8 Å². The number of aromatic nitrogens is 2. The van der Waals surface area contributed by atoms with Crippen molar-refractivity contribution in [1.82, 2.24) is 9.13 Å². The summed E-state index contributed by atoms with van der Waals surface area (Å²) in [6.07, 6.45) is 0. The lowest BCUT2D eigenvalue weighted by molar-refractivity contribution is 0.957. The second-order valence-corrected chi connectivity index (χ2v) is 14.4. The van der Waals surface area contributed by atoms with Crippen LogP contribution in [0.15, 0.2) is 176 Å². The molecule has 1 aliphatic rings. The standard InChI is InChI=1S/C51H33N3/c1-32-35-17-5-6-18-37(35)42-29-34(27-28-36(32)42)51-43(31-52)50(33-15-3-2-4-16-33)48(53-44-23-11-7-19-38(44)39-20-8-12-24-45(39)53)30-49(51)54-46-25-13-9-21-40(46)41-22-10-14-26-47(41)54/h2-30,32H,1H3. The molecule has 1 unspecified atom stereocenters. The van der Waals surface area contributed by atoms with Crippen molar-refractivity contribution in [2.45, 2.75) is 12.8 Å². The van der Waals surface area contributed by atoms with Crippen LogP contribution in [0.3, 0.4) is 0 Å². The zero-order chi connectivity index (χ0) is 35.9. The molecule has 8 aromatic carbocycles. The Labute approximate surface area is 313 Å². The maximum atomic E-state index is 11.6. The van der Waals surface area contributed by atoms with Gasteiger partial charge in [0.05, 0.1) is 39.0 Å². The molecule has 0 fully saturated rings. The van der Waals surface area contributed by atoms with Crippen molar-refractivity contribution in [2.24, 2.45) is 0 Å². The zero-order valence-corrected chi connectivity index (χ0v) is 29.7. The first kappa shape index (κ1) is 30.5. The van der Waals surface area contributed by atoms with Crippen LogP contribution in [-0.2, 0) is 0 Å². The van der Waals surface area contributed by atoms with Gasteiger partial charge in [-0.25, -0.2) is 0 Å². The molecule has 0 amide bonds. The fourth-order valence-corrected chi connectivity index (χ4v) is 9.28. The number of benzene rings is 8. The van der Waals surface area contributed by atoms with Crippen LogP contribution in [0, 0.1) is 11.3 Å². The fourth-order valence-electron chi connectivity index (χ4n) is 9.28. The normalized spacial score (nSPS) is 13.4. The number of nitriles is 1. The molecule has 0 radical (unpaired) electrons. The third-order valence-corrected chi connectivity index (χ3v) is 11.6. The van der Waals surface area contributed by atoms with Crippen molar-refractivity contribution in [3.05, 3.63) is 193 Å². The van der Waals surface area contributed by atoms with Gasteiger partial charge >= 0.3 is 0 Å². The maximum absolute atomic E-state index is 11.6. The highest BCUT2D eigenvalue weighted by molar-refractivity contribution is 6.12. The second kappa shape index (κ2) is 11.7. The molecule has 1 aliphatic carbocycles. The van der Waals surface area contributed by atoms with E-state index in [0.29, 0.717) is 11.5 Å². The Morgan fingerprint density at radius 1 is 0.426 bits per heavy atom. The van der Waals surface area contributed by atoms with E-state index in [-0.39, 0.29) is 0 Å². The van der Waals surface area contributed by atoms with Crippen molar-refractivity contribution < 1.29 is 0 Å². The van der Waals surface area contributed by atoms with E-state index >= 15 is 0 Å². The predicted molar refractivity (Wildman–Crippen MR) is 224 cm³/mol. The molecule has 2 heterocycles. The fraction of sp³-hybridized carbons (Fsp3) is 0.0392. The molecule has 0 saturated heterocycles. The first-order valence-electron chi connectivity index (χ1n) is 18.6. The summed E-state index contributed by atoms with van der Waals surface area (Å²) in [5.41, 5.74) is 16.0. The number of nitrogens with zero attached hydrogens (tertiary/aromatic N) is 3. The molecule has 252 valence electrons.